The van der Waals surface area contributed by atoms with E-state index in [1.165, 1.54) is 62.8 Å². The Labute approximate surface area is 203 Å². The van der Waals surface area contributed by atoms with E-state index in [9.17, 15) is 14.9 Å². The Morgan fingerprint density at radius 3 is 2.32 bits per heavy atom. The minimum absolute atomic E-state index is 0.0263. The fourth-order valence-corrected chi connectivity index (χ4v) is 4.07. The van der Waals surface area contributed by atoms with Crippen LogP contribution in [0.5, 0.6) is 5.75 Å². The number of rotatable bonds is 17. The molecule has 1 aromatic rings. The van der Waals surface area contributed by atoms with E-state index in [0.29, 0.717) is 0 Å². The summed E-state index contributed by atoms with van der Waals surface area (Å²) in [6.07, 6.45) is 14.4. The van der Waals surface area contributed by atoms with Crippen molar-refractivity contribution in [1.29, 1.82) is 0 Å². The second-order valence-electron chi connectivity index (χ2n) is 8.92. The molecule has 1 fully saturated rings. The van der Waals surface area contributed by atoms with Crippen LogP contribution < -0.4 is 4.74 Å². The smallest absolute Gasteiger partial charge is 0.431 e. The minimum Gasteiger partial charge on any atom is -0.431 e. The quantitative estimate of drug-likeness (QED) is 0.0758. The van der Waals surface area contributed by atoms with Crippen LogP contribution in [0.15, 0.2) is 24.3 Å². The number of benzene rings is 1. The van der Waals surface area contributed by atoms with Gasteiger partial charge in [-0.25, -0.2) is 4.79 Å². The summed E-state index contributed by atoms with van der Waals surface area (Å²) in [5.74, 6) is 0.236. The molecule has 1 aliphatic rings. The third-order valence-corrected chi connectivity index (χ3v) is 5.98. The molecule has 1 saturated heterocycles. The first-order valence-corrected chi connectivity index (χ1v) is 12.9. The van der Waals surface area contributed by atoms with E-state index in [0.717, 1.165) is 64.6 Å². The van der Waals surface area contributed by atoms with E-state index in [-0.39, 0.29) is 23.8 Å². The molecule has 0 spiro atoms. The second kappa shape index (κ2) is 17.3. The van der Waals surface area contributed by atoms with Crippen LogP contribution in [0.2, 0.25) is 0 Å². The van der Waals surface area contributed by atoms with Gasteiger partial charge >= 0.3 is 6.16 Å². The minimum atomic E-state index is -0.758. The number of ether oxygens (including phenoxy) is 4. The Hall–Kier alpha value is -2.19. The number of nitro benzene ring substituents is 1. The maximum absolute atomic E-state index is 12.1. The summed E-state index contributed by atoms with van der Waals surface area (Å²) < 4.78 is 22.0. The van der Waals surface area contributed by atoms with Gasteiger partial charge in [-0.1, -0.05) is 51.9 Å². The molecule has 0 amide bonds. The Bertz CT molecular complexity index is 689. The Kier molecular flexibility index (Phi) is 14.3. The first-order chi connectivity index (χ1) is 16.6. The Morgan fingerprint density at radius 1 is 1.03 bits per heavy atom. The van der Waals surface area contributed by atoms with Crippen LogP contribution in [0.4, 0.5) is 10.5 Å². The maximum atomic E-state index is 12.1. The normalized spacial score (nSPS) is 16.7. The fraction of sp³-hybridized carbons (Fsp3) is 0.731. The van der Waals surface area contributed by atoms with Crippen molar-refractivity contribution in [1.82, 2.24) is 0 Å². The largest absolute Gasteiger partial charge is 0.514 e. The molecule has 1 aliphatic heterocycles. The number of unbranched alkanes of at least 4 members (excludes halogenated alkanes) is 7. The molecule has 1 aromatic carbocycles. The molecule has 8 nitrogen and oxygen atoms in total. The van der Waals surface area contributed by atoms with Crippen molar-refractivity contribution < 1.29 is 28.7 Å². The Balaban J connectivity index is 1.48. The molecule has 0 bridgehead atoms. The van der Waals surface area contributed by atoms with E-state index >= 15 is 0 Å². The fourth-order valence-electron chi connectivity index (χ4n) is 4.07. The summed E-state index contributed by atoms with van der Waals surface area (Å²) >= 11 is 0. The van der Waals surface area contributed by atoms with Crippen LogP contribution in [0.25, 0.3) is 0 Å². The van der Waals surface area contributed by atoms with Gasteiger partial charge in [0.15, 0.2) is 6.29 Å². The lowest BCUT2D eigenvalue weighted by molar-refractivity contribution is -0.384. The van der Waals surface area contributed by atoms with Crippen LogP contribution >= 0.6 is 0 Å². The molecule has 0 radical (unpaired) electrons. The number of hydrogen-bond donors (Lipinski definition) is 0. The molecule has 34 heavy (non-hydrogen) atoms. The van der Waals surface area contributed by atoms with Crippen molar-refractivity contribution in [3.8, 4) is 5.75 Å². The van der Waals surface area contributed by atoms with Crippen LogP contribution in [0.1, 0.15) is 96.8 Å². The summed E-state index contributed by atoms with van der Waals surface area (Å²) in [6.45, 7) is 3.70. The zero-order chi connectivity index (χ0) is 24.4. The zero-order valence-corrected chi connectivity index (χ0v) is 20.6. The van der Waals surface area contributed by atoms with E-state index in [2.05, 4.69) is 6.92 Å². The van der Waals surface area contributed by atoms with Crippen LogP contribution in [-0.4, -0.2) is 36.7 Å². The molecule has 1 heterocycles. The zero-order valence-electron chi connectivity index (χ0n) is 20.6. The second-order valence-corrected chi connectivity index (χ2v) is 8.92. The lowest BCUT2D eigenvalue weighted by atomic mass is 10.0. The standard InChI is InChI=1S/C26H41NO7/c1-2-13-23(33-26(28)34-24-18-16-22(17-19-24)27(29)30)14-9-7-5-3-4-6-8-11-20-31-25-15-10-12-21-32-25/h16-19,23,25H,2-15,20-21H2,1H3. The van der Waals surface area contributed by atoms with Gasteiger partial charge in [-0.15, -0.1) is 0 Å². The van der Waals surface area contributed by atoms with Gasteiger partial charge in [0.05, 0.1) is 4.92 Å². The number of hydrogen-bond acceptors (Lipinski definition) is 7. The SMILES string of the molecule is CCCC(CCCCCCCCCCOC1CCCCO1)OC(=O)Oc1ccc([N+](=O)[O-])cc1. The van der Waals surface area contributed by atoms with Crippen LogP contribution in [0, 0.1) is 10.1 Å². The number of carbonyl (C=O) groups excluding carboxylic acids is 1. The molecule has 0 N–H and O–H groups in total. The van der Waals surface area contributed by atoms with E-state index in [1.807, 2.05) is 0 Å². The summed E-state index contributed by atoms with van der Waals surface area (Å²) in [6, 6.07) is 5.39. The van der Waals surface area contributed by atoms with E-state index in [4.69, 9.17) is 18.9 Å². The third kappa shape index (κ3) is 12.3. The van der Waals surface area contributed by atoms with Gasteiger partial charge in [0.1, 0.15) is 11.9 Å². The molecule has 8 heteroatoms. The highest BCUT2D eigenvalue weighted by Crippen LogP contribution is 2.20. The van der Waals surface area contributed by atoms with E-state index in [1.54, 1.807) is 0 Å². The first-order valence-electron chi connectivity index (χ1n) is 12.9. The molecule has 0 saturated carbocycles. The van der Waals surface area contributed by atoms with Crippen molar-refractivity contribution in [2.45, 2.75) is 109 Å². The monoisotopic (exact) mass is 479 g/mol. The summed E-state index contributed by atoms with van der Waals surface area (Å²) in [7, 11) is 0. The summed E-state index contributed by atoms with van der Waals surface area (Å²) in [4.78, 5) is 22.3. The van der Waals surface area contributed by atoms with Gasteiger partial charge < -0.3 is 18.9 Å². The lowest BCUT2D eigenvalue weighted by Crippen LogP contribution is -2.22. The first kappa shape index (κ1) is 28.1. The summed E-state index contributed by atoms with van der Waals surface area (Å²) in [5, 5.41) is 10.7. The highest BCUT2D eigenvalue weighted by molar-refractivity contribution is 5.64. The van der Waals surface area contributed by atoms with Crippen LogP contribution in [0.3, 0.4) is 0 Å². The lowest BCUT2D eigenvalue weighted by Gasteiger charge is -2.22. The number of nitro groups is 1. The predicted molar refractivity (Wildman–Crippen MR) is 130 cm³/mol. The van der Waals surface area contributed by atoms with Gasteiger partial charge in [0.25, 0.3) is 5.69 Å². The van der Waals surface area contributed by atoms with Crippen LogP contribution in [-0.2, 0) is 14.2 Å². The van der Waals surface area contributed by atoms with Crippen molar-refractivity contribution >= 4 is 11.8 Å². The summed E-state index contributed by atoms with van der Waals surface area (Å²) in [5.41, 5.74) is -0.0524. The third-order valence-electron chi connectivity index (χ3n) is 5.98. The molecule has 2 rings (SSSR count). The van der Waals surface area contributed by atoms with Crippen molar-refractivity contribution in [3.63, 3.8) is 0 Å². The van der Waals surface area contributed by atoms with E-state index < -0.39 is 11.1 Å². The average molecular weight is 480 g/mol. The van der Waals surface area contributed by atoms with Gasteiger partial charge in [-0.05, 0) is 57.1 Å². The molecule has 0 aromatic heterocycles. The molecular weight excluding hydrogens is 438 g/mol. The predicted octanol–water partition coefficient (Wildman–Crippen LogP) is 7.33. The molecule has 0 aliphatic carbocycles. The number of non-ortho nitro benzene ring substituents is 1. The van der Waals surface area contributed by atoms with Gasteiger partial charge in [0, 0.05) is 25.3 Å². The highest BCUT2D eigenvalue weighted by atomic mass is 16.7. The molecule has 192 valence electrons. The van der Waals surface area contributed by atoms with Crippen molar-refractivity contribution in [2.75, 3.05) is 13.2 Å². The molecule has 2 atom stereocenters. The average Bonchev–Trinajstić information content (AvgIpc) is 2.83. The molecular formula is C26H41NO7. The number of nitrogens with zero attached hydrogens (tertiary/aromatic N) is 1. The van der Waals surface area contributed by atoms with Crippen molar-refractivity contribution in [2.24, 2.45) is 0 Å². The highest BCUT2D eigenvalue weighted by Gasteiger charge is 2.16. The van der Waals surface area contributed by atoms with Gasteiger partial charge in [-0.3, -0.25) is 10.1 Å². The molecule has 2 unspecified atom stereocenters. The maximum Gasteiger partial charge on any atom is 0.514 e. The number of carbonyl (C=O) groups is 1. The topological polar surface area (TPSA) is 97.1 Å². The van der Waals surface area contributed by atoms with Gasteiger partial charge in [0.2, 0.25) is 0 Å². The van der Waals surface area contributed by atoms with Crippen molar-refractivity contribution in [3.05, 3.63) is 34.4 Å². The van der Waals surface area contributed by atoms with Gasteiger partial charge in [-0.2, -0.15) is 0 Å². The Morgan fingerprint density at radius 2 is 1.71 bits per heavy atom.